The van der Waals surface area contributed by atoms with Gasteiger partial charge < -0.3 is 15.5 Å². The van der Waals surface area contributed by atoms with Crippen molar-refractivity contribution < 1.29 is 9.59 Å². The standard InChI is InChI=1S/C23H34N4O2/c28-22(17-21-23(29)25-13-16-27(21)19-9-2-3-10-19)24-12-6-15-26-14-5-8-18-7-1-4-11-20(18)26/h1,4,7,11,19,21H,2-3,5-6,8-10,12-17H2,(H,24,28)(H,25,29). The highest BCUT2D eigenvalue weighted by atomic mass is 16.2. The molecule has 2 N–H and O–H groups in total. The van der Waals surface area contributed by atoms with Crippen molar-refractivity contribution in [3.63, 3.8) is 0 Å². The number of aryl methyl sites for hydroxylation is 1. The molecule has 1 atom stereocenters. The lowest BCUT2D eigenvalue weighted by atomic mass is 10.0. The lowest BCUT2D eigenvalue weighted by Crippen LogP contribution is -2.59. The van der Waals surface area contributed by atoms with Crippen molar-refractivity contribution >= 4 is 17.5 Å². The van der Waals surface area contributed by atoms with Gasteiger partial charge in [-0.05, 0) is 43.7 Å². The Balaban J connectivity index is 1.23. The summed E-state index contributed by atoms with van der Waals surface area (Å²) in [7, 11) is 0. The Labute approximate surface area is 174 Å². The van der Waals surface area contributed by atoms with Crippen molar-refractivity contribution in [2.24, 2.45) is 0 Å². The number of nitrogens with one attached hydrogen (secondary N) is 2. The second-order valence-corrected chi connectivity index (χ2v) is 8.61. The minimum absolute atomic E-state index is 0.00547. The van der Waals surface area contributed by atoms with Gasteiger partial charge in [0.05, 0.1) is 12.5 Å². The summed E-state index contributed by atoms with van der Waals surface area (Å²) in [5, 5.41) is 6.00. The summed E-state index contributed by atoms with van der Waals surface area (Å²) >= 11 is 0. The van der Waals surface area contributed by atoms with E-state index in [9.17, 15) is 9.59 Å². The Morgan fingerprint density at radius 1 is 1.14 bits per heavy atom. The average molecular weight is 399 g/mol. The lowest BCUT2D eigenvalue weighted by Gasteiger charge is -2.38. The first-order chi connectivity index (χ1) is 14.2. The molecule has 1 aliphatic carbocycles. The first-order valence-corrected chi connectivity index (χ1v) is 11.4. The molecule has 2 fully saturated rings. The van der Waals surface area contributed by atoms with Crippen LogP contribution in [0.3, 0.4) is 0 Å². The van der Waals surface area contributed by atoms with Gasteiger partial charge in [-0.25, -0.2) is 0 Å². The number of nitrogens with zero attached hydrogens (tertiary/aromatic N) is 2. The minimum Gasteiger partial charge on any atom is -0.371 e. The summed E-state index contributed by atoms with van der Waals surface area (Å²) < 4.78 is 0. The van der Waals surface area contributed by atoms with Crippen molar-refractivity contribution in [2.45, 2.75) is 63.5 Å². The van der Waals surface area contributed by atoms with E-state index in [4.69, 9.17) is 0 Å². The normalized spacial score (nSPS) is 23.0. The van der Waals surface area contributed by atoms with Crippen LogP contribution in [-0.2, 0) is 16.0 Å². The molecule has 1 aromatic carbocycles. The zero-order chi connectivity index (χ0) is 20.1. The van der Waals surface area contributed by atoms with E-state index < -0.39 is 0 Å². The van der Waals surface area contributed by atoms with Crippen molar-refractivity contribution in [2.75, 3.05) is 37.6 Å². The molecule has 2 heterocycles. The summed E-state index contributed by atoms with van der Waals surface area (Å²) in [5.74, 6) is 0.0114. The molecule has 6 nitrogen and oxygen atoms in total. The number of fused-ring (bicyclic) bond motifs is 1. The molecule has 0 spiro atoms. The highest BCUT2D eigenvalue weighted by Crippen LogP contribution is 2.27. The average Bonchev–Trinajstić information content (AvgIpc) is 3.27. The summed E-state index contributed by atoms with van der Waals surface area (Å²) in [5.41, 5.74) is 2.77. The van der Waals surface area contributed by atoms with Gasteiger partial charge in [0.1, 0.15) is 0 Å². The van der Waals surface area contributed by atoms with Crippen LogP contribution in [0.25, 0.3) is 0 Å². The molecule has 1 saturated heterocycles. The Hall–Kier alpha value is -2.08. The summed E-state index contributed by atoms with van der Waals surface area (Å²) in [6.07, 6.45) is 8.33. The van der Waals surface area contributed by atoms with Crippen molar-refractivity contribution in [1.29, 1.82) is 0 Å². The minimum atomic E-state index is -0.305. The van der Waals surface area contributed by atoms with Crippen LogP contribution in [0, 0.1) is 0 Å². The van der Waals surface area contributed by atoms with Gasteiger partial charge in [0, 0.05) is 44.5 Å². The van der Waals surface area contributed by atoms with Crippen LogP contribution in [0.2, 0.25) is 0 Å². The molecule has 0 bridgehead atoms. The number of anilines is 1. The number of benzene rings is 1. The molecule has 2 amide bonds. The number of para-hydroxylation sites is 1. The predicted molar refractivity (Wildman–Crippen MR) is 115 cm³/mol. The molecule has 0 aromatic heterocycles. The fourth-order valence-electron chi connectivity index (χ4n) is 5.20. The first kappa shape index (κ1) is 20.2. The molecule has 1 aromatic rings. The summed E-state index contributed by atoms with van der Waals surface area (Å²) in [6, 6.07) is 8.79. The number of hydrogen-bond acceptors (Lipinski definition) is 4. The van der Waals surface area contributed by atoms with Crippen molar-refractivity contribution in [3.8, 4) is 0 Å². The quantitative estimate of drug-likeness (QED) is 0.691. The maximum Gasteiger partial charge on any atom is 0.237 e. The molecule has 0 radical (unpaired) electrons. The van der Waals surface area contributed by atoms with E-state index in [2.05, 4.69) is 44.7 Å². The maximum absolute atomic E-state index is 12.5. The molecule has 158 valence electrons. The van der Waals surface area contributed by atoms with E-state index in [1.165, 1.54) is 30.5 Å². The van der Waals surface area contributed by atoms with E-state index in [-0.39, 0.29) is 24.3 Å². The van der Waals surface area contributed by atoms with Crippen LogP contribution in [-0.4, -0.2) is 61.5 Å². The van der Waals surface area contributed by atoms with E-state index in [0.717, 1.165) is 45.3 Å². The number of carbonyl (C=O) groups excluding carboxylic acids is 2. The Bertz CT molecular complexity index is 717. The zero-order valence-corrected chi connectivity index (χ0v) is 17.4. The molecule has 1 saturated carbocycles. The Morgan fingerprint density at radius 3 is 2.83 bits per heavy atom. The summed E-state index contributed by atoms with van der Waals surface area (Å²) in [4.78, 5) is 29.7. The molecule has 4 rings (SSSR count). The van der Waals surface area contributed by atoms with Crippen LogP contribution in [0.4, 0.5) is 5.69 Å². The fraction of sp³-hybridized carbons (Fsp3) is 0.652. The number of amides is 2. The number of piperazine rings is 1. The molecule has 2 aliphatic heterocycles. The molecule has 1 unspecified atom stereocenters. The second kappa shape index (κ2) is 9.61. The molecule has 29 heavy (non-hydrogen) atoms. The highest BCUT2D eigenvalue weighted by molar-refractivity contribution is 5.88. The number of hydrogen-bond donors (Lipinski definition) is 2. The molecule has 6 heteroatoms. The monoisotopic (exact) mass is 398 g/mol. The smallest absolute Gasteiger partial charge is 0.237 e. The fourth-order valence-corrected chi connectivity index (χ4v) is 5.20. The van der Waals surface area contributed by atoms with Gasteiger partial charge in [-0.2, -0.15) is 0 Å². The highest BCUT2D eigenvalue weighted by Gasteiger charge is 2.36. The van der Waals surface area contributed by atoms with E-state index in [1.807, 2.05) is 0 Å². The SMILES string of the molecule is O=C(CC1C(=O)NCCN1C1CCCC1)NCCCN1CCCc2ccccc21. The van der Waals surface area contributed by atoms with Gasteiger partial charge >= 0.3 is 0 Å². The van der Waals surface area contributed by atoms with Gasteiger partial charge in [0.2, 0.25) is 11.8 Å². The number of rotatable bonds is 7. The van der Waals surface area contributed by atoms with Gasteiger partial charge in [-0.3, -0.25) is 14.5 Å². The predicted octanol–water partition coefficient (Wildman–Crippen LogP) is 2.08. The maximum atomic E-state index is 12.5. The van der Waals surface area contributed by atoms with E-state index >= 15 is 0 Å². The van der Waals surface area contributed by atoms with Crippen LogP contribution >= 0.6 is 0 Å². The Morgan fingerprint density at radius 2 is 1.97 bits per heavy atom. The topological polar surface area (TPSA) is 64.7 Å². The largest absolute Gasteiger partial charge is 0.371 e. The van der Waals surface area contributed by atoms with Gasteiger partial charge in [0.25, 0.3) is 0 Å². The van der Waals surface area contributed by atoms with Crippen LogP contribution in [0.1, 0.15) is 50.5 Å². The summed E-state index contributed by atoms with van der Waals surface area (Å²) in [6.45, 7) is 4.27. The molecule has 3 aliphatic rings. The van der Waals surface area contributed by atoms with E-state index in [1.54, 1.807) is 0 Å². The number of carbonyl (C=O) groups is 2. The van der Waals surface area contributed by atoms with Crippen molar-refractivity contribution in [3.05, 3.63) is 29.8 Å². The van der Waals surface area contributed by atoms with E-state index in [0.29, 0.717) is 19.1 Å². The Kier molecular flexibility index (Phi) is 6.70. The third-order valence-electron chi connectivity index (χ3n) is 6.68. The van der Waals surface area contributed by atoms with Gasteiger partial charge in [-0.15, -0.1) is 0 Å². The van der Waals surface area contributed by atoms with Crippen LogP contribution in [0.15, 0.2) is 24.3 Å². The van der Waals surface area contributed by atoms with Crippen molar-refractivity contribution in [1.82, 2.24) is 15.5 Å². The van der Waals surface area contributed by atoms with Crippen LogP contribution in [0.5, 0.6) is 0 Å². The first-order valence-electron chi connectivity index (χ1n) is 11.4. The second-order valence-electron chi connectivity index (χ2n) is 8.61. The van der Waals surface area contributed by atoms with Gasteiger partial charge in [0.15, 0.2) is 0 Å². The zero-order valence-electron chi connectivity index (χ0n) is 17.4. The van der Waals surface area contributed by atoms with Crippen LogP contribution < -0.4 is 15.5 Å². The third-order valence-corrected chi connectivity index (χ3v) is 6.68. The molecular formula is C23H34N4O2. The van der Waals surface area contributed by atoms with Gasteiger partial charge in [-0.1, -0.05) is 31.0 Å². The lowest BCUT2D eigenvalue weighted by molar-refractivity contribution is -0.135. The molecular weight excluding hydrogens is 364 g/mol. The third kappa shape index (κ3) is 4.92.